The summed E-state index contributed by atoms with van der Waals surface area (Å²) < 4.78 is 1.01. The largest absolute Gasteiger partial charge is 0.355 e. The number of rotatable bonds is 3. The molecule has 0 fully saturated rings. The molecule has 1 aromatic heterocycles. The molecule has 0 spiro atoms. The maximum absolute atomic E-state index is 12.2. The highest BCUT2D eigenvalue weighted by Gasteiger charge is 2.06. The van der Waals surface area contributed by atoms with E-state index in [4.69, 9.17) is 0 Å². The quantitative estimate of drug-likeness (QED) is 0.346. The number of H-pyrrole nitrogens is 1. The average molecular weight is 420 g/mol. The fraction of sp³-hybridized carbons (Fsp3) is 0.0455. The number of carbonyl (C=O) groups is 1. The summed E-state index contributed by atoms with van der Waals surface area (Å²) in [6, 6.07) is 23.5. The van der Waals surface area contributed by atoms with Crippen LogP contribution in [0.25, 0.3) is 22.2 Å². The van der Waals surface area contributed by atoms with E-state index in [-0.39, 0.29) is 6.03 Å². The van der Waals surface area contributed by atoms with Gasteiger partial charge in [0.1, 0.15) is 0 Å². The lowest BCUT2D eigenvalue weighted by Gasteiger charge is -2.09. The van der Waals surface area contributed by atoms with E-state index in [1.54, 1.807) is 0 Å². The van der Waals surface area contributed by atoms with Gasteiger partial charge in [-0.1, -0.05) is 46.3 Å². The predicted octanol–water partition coefficient (Wildman–Crippen LogP) is 6.55. The van der Waals surface area contributed by atoms with E-state index in [1.165, 1.54) is 5.39 Å². The molecule has 0 aliphatic heterocycles. The molecule has 2 amide bonds. The molecule has 0 aliphatic carbocycles. The molecule has 27 heavy (non-hydrogen) atoms. The first-order chi connectivity index (χ1) is 13.1. The number of para-hydroxylation sites is 1. The van der Waals surface area contributed by atoms with Gasteiger partial charge in [0, 0.05) is 32.4 Å². The standard InChI is InChI=1S/C22H18BrN3O/c1-14-12-18(10-11-19(14)23)25-22(27)24-17-8-6-15(7-9-17)21-13-16-4-2-3-5-20(16)26-21/h2-13,26H,1H3,(H2,24,25,27). The Bertz CT molecular complexity index is 1080. The SMILES string of the molecule is Cc1cc(NC(=O)Nc2ccc(-c3cc4ccccc4[nH]3)cc2)ccc1Br. The first-order valence-corrected chi connectivity index (χ1v) is 9.40. The molecule has 3 N–H and O–H groups in total. The van der Waals surface area contributed by atoms with Crippen LogP contribution in [-0.2, 0) is 0 Å². The lowest BCUT2D eigenvalue weighted by Crippen LogP contribution is -2.19. The Kier molecular flexibility index (Phi) is 4.69. The summed E-state index contributed by atoms with van der Waals surface area (Å²) in [7, 11) is 0. The van der Waals surface area contributed by atoms with Gasteiger partial charge in [0.15, 0.2) is 0 Å². The Hall–Kier alpha value is -3.05. The molecule has 4 aromatic rings. The van der Waals surface area contributed by atoms with Crippen LogP contribution in [0.1, 0.15) is 5.56 Å². The van der Waals surface area contributed by atoms with E-state index in [0.717, 1.165) is 38.2 Å². The molecule has 134 valence electrons. The van der Waals surface area contributed by atoms with Crippen molar-refractivity contribution < 1.29 is 4.79 Å². The highest BCUT2D eigenvalue weighted by atomic mass is 79.9. The van der Waals surface area contributed by atoms with Gasteiger partial charge in [0.05, 0.1) is 0 Å². The van der Waals surface area contributed by atoms with Crippen LogP contribution in [0.15, 0.2) is 77.3 Å². The van der Waals surface area contributed by atoms with Crippen molar-refractivity contribution in [3.05, 3.63) is 82.8 Å². The zero-order valence-corrected chi connectivity index (χ0v) is 16.3. The Labute approximate surface area is 165 Å². The van der Waals surface area contributed by atoms with Gasteiger partial charge in [-0.3, -0.25) is 0 Å². The average Bonchev–Trinajstić information content (AvgIpc) is 3.09. The van der Waals surface area contributed by atoms with Gasteiger partial charge in [-0.15, -0.1) is 0 Å². The van der Waals surface area contributed by atoms with Crippen molar-refractivity contribution in [1.29, 1.82) is 0 Å². The van der Waals surface area contributed by atoms with E-state index in [9.17, 15) is 4.79 Å². The maximum atomic E-state index is 12.2. The van der Waals surface area contributed by atoms with E-state index in [0.29, 0.717) is 0 Å². The number of fused-ring (bicyclic) bond motifs is 1. The highest BCUT2D eigenvalue weighted by molar-refractivity contribution is 9.10. The number of benzene rings is 3. The van der Waals surface area contributed by atoms with Crippen LogP contribution in [0.3, 0.4) is 0 Å². The second-order valence-electron chi connectivity index (χ2n) is 6.39. The molecule has 0 aliphatic rings. The van der Waals surface area contributed by atoms with Gasteiger partial charge in [0.2, 0.25) is 0 Å². The first-order valence-electron chi connectivity index (χ1n) is 8.61. The number of halogens is 1. The van der Waals surface area contributed by atoms with E-state index in [2.05, 4.69) is 49.7 Å². The number of aryl methyl sites for hydroxylation is 1. The predicted molar refractivity (Wildman–Crippen MR) is 115 cm³/mol. The number of amides is 2. The maximum Gasteiger partial charge on any atom is 0.323 e. The zero-order chi connectivity index (χ0) is 18.8. The van der Waals surface area contributed by atoms with Crippen molar-refractivity contribution in [2.45, 2.75) is 6.92 Å². The molecule has 5 heteroatoms. The minimum atomic E-state index is -0.268. The number of hydrogen-bond acceptors (Lipinski definition) is 1. The van der Waals surface area contributed by atoms with Crippen LogP contribution in [0.5, 0.6) is 0 Å². The van der Waals surface area contributed by atoms with Gasteiger partial charge < -0.3 is 15.6 Å². The molecular formula is C22H18BrN3O. The highest BCUT2D eigenvalue weighted by Crippen LogP contribution is 2.25. The summed E-state index contributed by atoms with van der Waals surface area (Å²) in [5.74, 6) is 0. The molecule has 3 aromatic carbocycles. The van der Waals surface area contributed by atoms with Crippen LogP contribution >= 0.6 is 15.9 Å². The third kappa shape index (κ3) is 3.88. The molecule has 0 atom stereocenters. The molecular weight excluding hydrogens is 402 g/mol. The van der Waals surface area contributed by atoms with Gasteiger partial charge in [0.25, 0.3) is 0 Å². The van der Waals surface area contributed by atoms with E-state index >= 15 is 0 Å². The molecule has 4 nitrogen and oxygen atoms in total. The summed E-state index contributed by atoms with van der Waals surface area (Å²) in [4.78, 5) is 15.6. The minimum absolute atomic E-state index is 0.268. The van der Waals surface area contributed by atoms with Gasteiger partial charge in [-0.2, -0.15) is 0 Å². The van der Waals surface area contributed by atoms with Crippen molar-refractivity contribution in [2.75, 3.05) is 10.6 Å². The molecule has 4 rings (SSSR count). The third-order valence-electron chi connectivity index (χ3n) is 4.40. The number of anilines is 2. The van der Waals surface area contributed by atoms with E-state index in [1.807, 2.05) is 61.5 Å². The lowest BCUT2D eigenvalue weighted by molar-refractivity contribution is 0.262. The molecule has 1 heterocycles. The van der Waals surface area contributed by atoms with Crippen molar-refractivity contribution in [3.8, 4) is 11.3 Å². The van der Waals surface area contributed by atoms with Crippen LogP contribution in [0.4, 0.5) is 16.2 Å². The number of urea groups is 1. The monoisotopic (exact) mass is 419 g/mol. The van der Waals surface area contributed by atoms with Crippen LogP contribution in [-0.4, -0.2) is 11.0 Å². The Morgan fingerprint density at radius 1 is 0.889 bits per heavy atom. The molecule has 0 saturated carbocycles. The van der Waals surface area contributed by atoms with Gasteiger partial charge in [-0.25, -0.2) is 4.79 Å². The number of carbonyl (C=O) groups excluding carboxylic acids is 1. The van der Waals surface area contributed by atoms with Crippen molar-refractivity contribution >= 4 is 44.2 Å². The van der Waals surface area contributed by atoms with Gasteiger partial charge >= 0.3 is 6.03 Å². The smallest absolute Gasteiger partial charge is 0.323 e. The topological polar surface area (TPSA) is 56.9 Å². The number of nitrogens with one attached hydrogen (secondary N) is 3. The molecule has 0 saturated heterocycles. The van der Waals surface area contributed by atoms with Crippen molar-refractivity contribution in [1.82, 2.24) is 4.98 Å². The van der Waals surface area contributed by atoms with Crippen molar-refractivity contribution in [2.24, 2.45) is 0 Å². The fourth-order valence-electron chi connectivity index (χ4n) is 2.98. The Balaban J connectivity index is 1.45. The summed E-state index contributed by atoms with van der Waals surface area (Å²) in [6.45, 7) is 1.98. The second kappa shape index (κ2) is 7.29. The van der Waals surface area contributed by atoms with Crippen LogP contribution < -0.4 is 10.6 Å². The molecule has 0 radical (unpaired) electrons. The first kappa shape index (κ1) is 17.4. The normalized spacial score (nSPS) is 10.7. The summed E-state index contributed by atoms with van der Waals surface area (Å²) in [6.07, 6.45) is 0. The Morgan fingerprint density at radius 2 is 1.59 bits per heavy atom. The van der Waals surface area contributed by atoms with Crippen LogP contribution in [0.2, 0.25) is 0 Å². The number of aromatic nitrogens is 1. The summed E-state index contributed by atoms with van der Waals surface area (Å²) in [5, 5.41) is 6.88. The fourth-order valence-corrected chi connectivity index (χ4v) is 3.22. The van der Waals surface area contributed by atoms with Crippen molar-refractivity contribution in [3.63, 3.8) is 0 Å². The number of aromatic amines is 1. The third-order valence-corrected chi connectivity index (χ3v) is 5.29. The Morgan fingerprint density at radius 3 is 2.33 bits per heavy atom. The molecule has 0 unspecified atom stereocenters. The lowest BCUT2D eigenvalue weighted by atomic mass is 10.1. The minimum Gasteiger partial charge on any atom is -0.355 e. The second-order valence-corrected chi connectivity index (χ2v) is 7.25. The summed E-state index contributed by atoms with van der Waals surface area (Å²) >= 11 is 3.46. The summed E-state index contributed by atoms with van der Waals surface area (Å²) in [5.41, 5.74) is 5.79. The zero-order valence-electron chi connectivity index (χ0n) is 14.7. The molecule has 0 bridgehead atoms. The van der Waals surface area contributed by atoms with Crippen LogP contribution in [0, 0.1) is 6.92 Å². The van der Waals surface area contributed by atoms with Gasteiger partial charge in [-0.05, 0) is 60.5 Å². The van der Waals surface area contributed by atoms with E-state index < -0.39 is 0 Å². The number of hydrogen-bond donors (Lipinski definition) is 3.